The number of carbonyl (C=O) groups excluding carboxylic acids is 1. The Balaban J connectivity index is 1.42. The van der Waals surface area contributed by atoms with Crippen molar-refractivity contribution < 1.29 is 18.0 Å². The van der Waals surface area contributed by atoms with Crippen LogP contribution in [0.1, 0.15) is 27.8 Å². The molecule has 1 saturated heterocycles. The van der Waals surface area contributed by atoms with Crippen molar-refractivity contribution in [3.8, 4) is 11.3 Å². The van der Waals surface area contributed by atoms with E-state index in [-0.39, 0.29) is 11.8 Å². The first-order chi connectivity index (χ1) is 14.8. The van der Waals surface area contributed by atoms with E-state index in [0.717, 1.165) is 18.0 Å². The predicted molar refractivity (Wildman–Crippen MR) is 105 cm³/mol. The average molecular weight is 426 g/mol. The van der Waals surface area contributed by atoms with E-state index in [1.54, 1.807) is 48.9 Å². The quantitative estimate of drug-likeness (QED) is 0.504. The van der Waals surface area contributed by atoms with E-state index in [0.29, 0.717) is 35.6 Å². The Hall–Kier alpha value is -3.69. The summed E-state index contributed by atoms with van der Waals surface area (Å²) < 4.78 is 42.7. The average Bonchev–Trinajstić information content (AvgIpc) is 3.32. The Morgan fingerprint density at radius 2 is 1.94 bits per heavy atom. The second-order valence-electron chi connectivity index (χ2n) is 7.47. The fourth-order valence-electron chi connectivity index (χ4n) is 3.87. The number of halogens is 3. The number of hydrogen-bond acceptors (Lipinski definition) is 4. The molecule has 0 bridgehead atoms. The van der Waals surface area contributed by atoms with Gasteiger partial charge in [-0.15, -0.1) is 0 Å². The predicted octanol–water partition coefficient (Wildman–Crippen LogP) is 3.39. The molecule has 7 nitrogen and oxygen atoms in total. The first-order valence-electron chi connectivity index (χ1n) is 9.60. The second-order valence-corrected chi connectivity index (χ2v) is 7.47. The molecule has 0 N–H and O–H groups in total. The standard InChI is InChI=1S/C21H17F3N6O/c1-28-16(5-6-27-28)20(31)29-11-14(12-29)19-26-10-17-18(25-7-8-30(17)19)13-3-2-4-15(9-13)21(22,23)24/h2-10,14H,11-12H2,1H3. The van der Waals surface area contributed by atoms with Crippen LogP contribution in [0.5, 0.6) is 0 Å². The number of nitrogens with zero attached hydrogens (tertiary/aromatic N) is 6. The number of aromatic nitrogens is 5. The maximum absolute atomic E-state index is 13.1. The van der Waals surface area contributed by atoms with Crippen molar-refractivity contribution >= 4 is 11.4 Å². The van der Waals surface area contributed by atoms with Gasteiger partial charge in [-0.25, -0.2) is 4.98 Å². The molecule has 1 aliphatic heterocycles. The minimum atomic E-state index is -4.43. The zero-order valence-corrected chi connectivity index (χ0v) is 16.4. The number of amides is 1. The topological polar surface area (TPSA) is 68.3 Å². The van der Waals surface area contributed by atoms with Gasteiger partial charge in [0, 0.05) is 44.3 Å². The van der Waals surface area contributed by atoms with Crippen LogP contribution < -0.4 is 0 Å². The van der Waals surface area contributed by atoms with Crippen molar-refractivity contribution in [2.45, 2.75) is 12.1 Å². The summed E-state index contributed by atoms with van der Waals surface area (Å²) in [5.41, 5.74) is 1.20. The molecule has 0 spiro atoms. The Bertz CT molecular complexity index is 1290. The number of carbonyl (C=O) groups is 1. The van der Waals surface area contributed by atoms with Crippen molar-refractivity contribution in [3.05, 3.63) is 72.2 Å². The van der Waals surface area contributed by atoms with E-state index in [2.05, 4.69) is 15.1 Å². The number of hydrogen-bond donors (Lipinski definition) is 0. The fourth-order valence-corrected chi connectivity index (χ4v) is 3.87. The minimum Gasteiger partial charge on any atom is -0.336 e. The lowest BCUT2D eigenvalue weighted by molar-refractivity contribution is -0.137. The lowest BCUT2D eigenvalue weighted by Crippen LogP contribution is -2.49. The van der Waals surface area contributed by atoms with Gasteiger partial charge in [-0.05, 0) is 18.2 Å². The molecule has 5 rings (SSSR count). The number of fused-ring (bicyclic) bond motifs is 1. The number of benzene rings is 1. The van der Waals surface area contributed by atoms with Crippen LogP contribution in [0, 0.1) is 0 Å². The highest BCUT2D eigenvalue weighted by Gasteiger charge is 2.36. The molecular weight excluding hydrogens is 409 g/mol. The molecule has 0 aliphatic carbocycles. The van der Waals surface area contributed by atoms with Gasteiger partial charge in [0.05, 0.1) is 28.9 Å². The number of rotatable bonds is 3. The van der Waals surface area contributed by atoms with Gasteiger partial charge in [0.25, 0.3) is 5.91 Å². The number of aryl methyl sites for hydroxylation is 1. The van der Waals surface area contributed by atoms with E-state index >= 15 is 0 Å². The normalized spacial score (nSPS) is 14.8. The smallest absolute Gasteiger partial charge is 0.336 e. The zero-order chi connectivity index (χ0) is 21.8. The summed E-state index contributed by atoms with van der Waals surface area (Å²) >= 11 is 0. The number of likely N-dealkylation sites (tertiary alicyclic amines) is 1. The summed E-state index contributed by atoms with van der Waals surface area (Å²) in [5, 5.41) is 4.02. The second kappa shape index (κ2) is 6.93. The van der Waals surface area contributed by atoms with Crippen LogP contribution in [0.25, 0.3) is 16.8 Å². The zero-order valence-electron chi connectivity index (χ0n) is 16.4. The third-order valence-electron chi connectivity index (χ3n) is 5.52. The van der Waals surface area contributed by atoms with Crippen molar-refractivity contribution in [2.24, 2.45) is 7.05 Å². The Morgan fingerprint density at radius 1 is 1.13 bits per heavy atom. The first-order valence-corrected chi connectivity index (χ1v) is 9.60. The maximum atomic E-state index is 13.1. The highest BCUT2D eigenvalue weighted by Crippen LogP contribution is 2.34. The molecule has 1 fully saturated rings. The molecule has 10 heteroatoms. The first kappa shape index (κ1) is 19.3. The number of alkyl halides is 3. The lowest BCUT2D eigenvalue weighted by Gasteiger charge is -2.38. The van der Waals surface area contributed by atoms with Gasteiger partial charge in [-0.1, -0.05) is 12.1 Å². The molecule has 31 heavy (non-hydrogen) atoms. The van der Waals surface area contributed by atoms with Crippen LogP contribution in [-0.4, -0.2) is 48.0 Å². The molecule has 1 aromatic carbocycles. The fraction of sp³-hybridized carbons (Fsp3) is 0.238. The van der Waals surface area contributed by atoms with Crippen molar-refractivity contribution in [2.75, 3.05) is 13.1 Å². The molecule has 0 atom stereocenters. The lowest BCUT2D eigenvalue weighted by atomic mass is 9.98. The Labute approximate surface area is 174 Å². The summed E-state index contributed by atoms with van der Waals surface area (Å²) in [6, 6.07) is 6.77. The van der Waals surface area contributed by atoms with E-state index in [1.807, 2.05) is 4.40 Å². The van der Waals surface area contributed by atoms with Crippen molar-refractivity contribution in [1.82, 2.24) is 29.0 Å². The van der Waals surface area contributed by atoms with Crippen LogP contribution in [0.3, 0.4) is 0 Å². The van der Waals surface area contributed by atoms with Gasteiger partial charge in [-0.2, -0.15) is 18.3 Å². The molecule has 0 saturated carbocycles. The van der Waals surface area contributed by atoms with Crippen LogP contribution in [0.2, 0.25) is 0 Å². The summed E-state index contributed by atoms with van der Waals surface area (Å²) in [7, 11) is 1.72. The van der Waals surface area contributed by atoms with Gasteiger partial charge in [0.15, 0.2) is 0 Å². The van der Waals surface area contributed by atoms with E-state index in [9.17, 15) is 18.0 Å². The molecule has 158 valence electrons. The Morgan fingerprint density at radius 3 is 2.65 bits per heavy atom. The third-order valence-corrected chi connectivity index (χ3v) is 5.52. The van der Waals surface area contributed by atoms with Crippen molar-refractivity contribution in [3.63, 3.8) is 0 Å². The van der Waals surface area contributed by atoms with Gasteiger partial charge in [0.1, 0.15) is 11.5 Å². The monoisotopic (exact) mass is 426 g/mol. The van der Waals surface area contributed by atoms with Gasteiger partial charge < -0.3 is 4.90 Å². The van der Waals surface area contributed by atoms with E-state index in [4.69, 9.17) is 0 Å². The number of imidazole rings is 1. The van der Waals surface area contributed by atoms with Crippen LogP contribution in [0.4, 0.5) is 13.2 Å². The van der Waals surface area contributed by atoms with Crippen molar-refractivity contribution in [1.29, 1.82) is 0 Å². The van der Waals surface area contributed by atoms with E-state index in [1.165, 1.54) is 10.7 Å². The highest BCUT2D eigenvalue weighted by atomic mass is 19.4. The molecule has 0 unspecified atom stereocenters. The minimum absolute atomic E-state index is 0.0245. The third kappa shape index (κ3) is 3.24. The van der Waals surface area contributed by atoms with E-state index < -0.39 is 11.7 Å². The van der Waals surface area contributed by atoms with Crippen LogP contribution >= 0.6 is 0 Å². The molecule has 1 aliphatic rings. The molecule has 3 aromatic heterocycles. The molecule has 4 aromatic rings. The molecular formula is C21H17F3N6O. The van der Waals surface area contributed by atoms with Crippen LogP contribution in [-0.2, 0) is 13.2 Å². The summed E-state index contributed by atoms with van der Waals surface area (Å²) in [6.45, 7) is 1.01. The summed E-state index contributed by atoms with van der Waals surface area (Å²) in [6.07, 6.45) is 2.05. The van der Waals surface area contributed by atoms with Crippen LogP contribution in [0.15, 0.2) is 55.1 Å². The summed E-state index contributed by atoms with van der Waals surface area (Å²) in [5.74, 6) is 0.680. The maximum Gasteiger partial charge on any atom is 0.416 e. The summed E-state index contributed by atoms with van der Waals surface area (Å²) in [4.78, 5) is 23.1. The molecule has 4 heterocycles. The molecule has 0 radical (unpaired) electrons. The van der Waals surface area contributed by atoms with Gasteiger partial charge >= 0.3 is 6.18 Å². The SMILES string of the molecule is Cn1nccc1C(=O)N1CC(c2ncc3c(-c4cccc(C(F)(F)F)c4)nccn23)C1. The highest BCUT2D eigenvalue weighted by molar-refractivity contribution is 5.93. The molecule has 1 amide bonds. The Kier molecular flexibility index (Phi) is 4.31. The van der Waals surface area contributed by atoms with Gasteiger partial charge in [-0.3, -0.25) is 18.9 Å². The van der Waals surface area contributed by atoms with Gasteiger partial charge in [0.2, 0.25) is 0 Å². The largest absolute Gasteiger partial charge is 0.416 e.